The van der Waals surface area contributed by atoms with E-state index in [9.17, 15) is 4.79 Å². The molecule has 0 aromatic heterocycles. The van der Waals surface area contributed by atoms with Crippen LogP contribution >= 0.6 is 0 Å². The zero-order chi connectivity index (χ0) is 8.04. The molecule has 0 atom stereocenters. The van der Waals surface area contributed by atoms with Gasteiger partial charge in [0.15, 0.2) is 8.32 Å². The SMILES string of the molecule is CO[Si](C)(C)CCCC=O. The van der Waals surface area contributed by atoms with Crippen LogP contribution in [0.3, 0.4) is 0 Å². The quantitative estimate of drug-likeness (QED) is 0.348. The summed E-state index contributed by atoms with van der Waals surface area (Å²) < 4.78 is 5.31. The van der Waals surface area contributed by atoms with Gasteiger partial charge in [0.25, 0.3) is 0 Å². The summed E-state index contributed by atoms with van der Waals surface area (Å²) in [4.78, 5) is 9.95. The molecule has 0 rings (SSSR count). The van der Waals surface area contributed by atoms with Gasteiger partial charge in [-0.05, 0) is 25.6 Å². The molecule has 0 amide bonds. The number of hydrogen-bond acceptors (Lipinski definition) is 2. The highest BCUT2D eigenvalue weighted by Crippen LogP contribution is 2.12. The first-order valence-electron chi connectivity index (χ1n) is 3.61. The van der Waals surface area contributed by atoms with Gasteiger partial charge in [0, 0.05) is 13.5 Å². The number of hydrogen-bond donors (Lipinski definition) is 0. The average molecular weight is 160 g/mol. The fourth-order valence-corrected chi connectivity index (χ4v) is 1.97. The van der Waals surface area contributed by atoms with Gasteiger partial charge in [-0.1, -0.05) is 0 Å². The van der Waals surface area contributed by atoms with Crippen molar-refractivity contribution in [2.24, 2.45) is 0 Å². The Morgan fingerprint density at radius 2 is 2.10 bits per heavy atom. The van der Waals surface area contributed by atoms with Crippen LogP contribution in [0.4, 0.5) is 0 Å². The molecule has 0 spiro atoms. The van der Waals surface area contributed by atoms with Gasteiger partial charge in [0.1, 0.15) is 6.29 Å². The van der Waals surface area contributed by atoms with E-state index in [2.05, 4.69) is 13.1 Å². The number of unbranched alkanes of at least 4 members (excludes halogenated alkanes) is 1. The molecule has 0 aliphatic rings. The molecule has 2 nitrogen and oxygen atoms in total. The van der Waals surface area contributed by atoms with Gasteiger partial charge in [-0.15, -0.1) is 0 Å². The first-order valence-corrected chi connectivity index (χ1v) is 6.73. The standard InChI is InChI=1S/C7H16O2Si/c1-9-10(2,3)7-5-4-6-8/h6H,4-5,7H2,1-3H3. The fourth-order valence-electron chi connectivity index (χ4n) is 0.713. The van der Waals surface area contributed by atoms with Crippen LogP contribution in [0.1, 0.15) is 12.8 Å². The molecule has 0 aliphatic heterocycles. The van der Waals surface area contributed by atoms with Gasteiger partial charge in [0.2, 0.25) is 0 Å². The smallest absolute Gasteiger partial charge is 0.186 e. The van der Waals surface area contributed by atoms with Crippen molar-refractivity contribution < 1.29 is 9.22 Å². The summed E-state index contributed by atoms with van der Waals surface area (Å²) >= 11 is 0. The summed E-state index contributed by atoms with van der Waals surface area (Å²) in [5.74, 6) is 0. The molecule has 60 valence electrons. The van der Waals surface area contributed by atoms with Crippen LogP contribution in [-0.4, -0.2) is 21.7 Å². The molecule has 0 saturated carbocycles. The lowest BCUT2D eigenvalue weighted by Gasteiger charge is -2.18. The lowest BCUT2D eigenvalue weighted by atomic mass is 10.4. The molecule has 3 heteroatoms. The van der Waals surface area contributed by atoms with Gasteiger partial charge in [-0.25, -0.2) is 0 Å². The van der Waals surface area contributed by atoms with Crippen LogP contribution < -0.4 is 0 Å². The molecule has 0 N–H and O–H groups in total. The maximum atomic E-state index is 9.95. The van der Waals surface area contributed by atoms with Crippen LogP contribution in [0.5, 0.6) is 0 Å². The summed E-state index contributed by atoms with van der Waals surface area (Å²) in [5, 5.41) is 0. The van der Waals surface area contributed by atoms with E-state index in [1.807, 2.05) is 0 Å². The van der Waals surface area contributed by atoms with Crippen molar-refractivity contribution in [3.05, 3.63) is 0 Å². The lowest BCUT2D eigenvalue weighted by molar-refractivity contribution is -0.107. The average Bonchev–Trinajstić information content (AvgIpc) is 1.89. The van der Waals surface area contributed by atoms with Gasteiger partial charge in [0.05, 0.1) is 0 Å². The topological polar surface area (TPSA) is 26.3 Å². The van der Waals surface area contributed by atoms with Gasteiger partial charge >= 0.3 is 0 Å². The van der Waals surface area contributed by atoms with Gasteiger partial charge < -0.3 is 9.22 Å². The minimum absolute atomic E-state index is 0.680. The second kappa shape index (κ2) is 4.63. The Bertz CT molecular complexity index is 102. The Morgan fingerprint density at radius 3 is 2.50 bits per heavy atom. The van der Waals surface area contributed by atoms with Crippen molar-refractivity contribution in [2.75, 3.05) is 7.11 Å². The van der Waals surface area contributed by atoms with Crippen LogP contribution in [0.25, 0.3) is 0 Å². The van der Waals surface area contributed by atoms with E-state index in [-0.39, 0.29) is 0 Å². The maximum absolute atomic E-state index is 9.95. The molecular weight excluding hydrogens is 144 g/mol. The molecule has 0 unspecified atom stereocenters. The third kappa shape index (κ3) is 4.70. The highest BCUT2D eigenvalue weighted by Gasteiger charge is 2.18. The van der Waals surface area contributed by atoms with Gasteiger partial charge in [-0.3, -0.25) is 0 Å². The second-order valence-corrected chi connectivity index (χ2v) is 7.45. The number of carbonyl (C=O) groups excluding carboxylic acids is 1. The van der Waals surface area contributed by atoms with Crippen LogP contribution in [-0.2, 0) is 9.22 Å². The minimum atomic E-state index is -1.37. The molecule has 0 aromatic carbocycles. The fraction of sp³-hybridized carbons (Fsp3) is 0.857. The van der Waals surface area contributed by atoms with Crippen molar-refractivity contribution in [1.82, 2.24) is 0 Å². The molecule has 0 radical (unpaired) electrons. The minimum Gasteiger partial charge on any atom is -0.420 e. The summed E-state index contributed by atoms with van der Waals surface area (Å²) in [6, 6.07) is 1.09. The Labute approximate surface area is 63.7 Å². The Kier molecular flexibility index (Phi) is 4.56. The van der Waals surface area contributed by atoms with Crippen LogP contribution in [0.15, 0.2) is 0 Å². The van der Waals surface area contributed by atoms with E-state index in [1.54, 1.807) is 7.11 Å². The summed E-state index contributed by atoms with van der Waals surface area (Å²) in [6.07, 6.45) is 2.64. The van der Waals surface area contributed by atoms with E-state index >= 15 is 0 Å². The van der Waals surface area contributed by atoms with E-state index < -0.39 is 8.32 Å². The Hall–Kier alpha value is -0.153. The van der Waals surface area contributed by atoms with Crippen molar-refractivity contribution in [3.63, 3.8) is 0 Å². The second-order valence-electron chi connectivity index (χ2n) is 3.02. The van der Waals surface area contributed by atoms with E-state index in [0.717, 1.165) is 18.8 Å². The first kappa shape index (κ1) is 9.85. The highest BCUT2D eigenvalue weighted by atomic mass is 28.4. The van der Waals surface area contributed by atoms with Crippen LogP contribution in [0.2, 0.25) is 19.1 Å². The zero-order valence-electron chi connectivity index (χ0n) is 7.02. The first-order chi connectivity index (χ1) is 4.62. The molecule has 0 aliphatic carbocycles. The van der Waals surface area contributed by atoms with Crippen molar-refractivity contribution in [1.29, 1.82) is 0 Å². The van der Waals surface area contributed by atoms with Crippen molar-refractivity contribution in [2.45, 2.75) is 32.0 Å². The molecule has 0 heterocycles. The molecule has 10 heavy (non-hydrogen) atoms. The highest BCUT2D eigenvalue weighted by molar-refractivity contribution is 6.71. The van der Waals surface area contributed by atoms with Crippen molar-refractivity contribution >= 4 is 14.6 Å². The number of carbonyl (C=O) groups is 1. The molecule has 0 saturated heterocycles. The number of rotatable bonds is 5. The van der Waals surface area contributed by atoms with Crippen LogP contribution in [0, 0.1) is 0 Å². The zero-order valence-corrected chi connectivity index (χ0v) is 8.02. The summed E-state index contributed by atoms with van der Waals surface area (Å²) in [6.45, 7) is 4.33. The van der Waals surface area contributed by atoms with E-state index in [1.165, 1.54) is 0 Å². The maximum Gasteiger partial charge on any atom is 0.186 e. The lowest BCUT2D eigenvalue weighted by Crippen LogP contribution is -2.27. The van der Waals surface area contributed by atoms with E-state index in [4.69, 9.17) is 4.43 Å². The predicted octanol–water partition coefficient (Wildman–Crippen LogP) is 1.82. The molecule has 0 aromatic rings. The third-order valence-electron chi connectivity index (χ3n) is 1.65. The Morgan fingerprint density at radius 1 is 1.50 bits per heavy atom. The van der Waals surface area contributed by atoms with E-state index in [0.29, 0.717) is 6.42 Å². The van der Waals surface area contributed by atoms with Gasteiger partial charge in [-0.2, -0.15) is 0 Å². The normalized spacial score (nSPS) is 11.5. The number of aldehydes is 1. The molecule has 0 fully saturated rings. The largest absolute Gasteiger partial charge is 0.420 e. The molecule has 0 bridgehead atoms. The van der Waals surface area contributed by atoms with Crippen molar-refractivity contribution in [3.8, 4) is 0 Å². The predicted molar refractivity (Wildman–Crippen MR) is 44.6 cm³/mol. The molecular formula is C7H16O2Si. The Balaban J connectivity index is 3.36. The third-order valence-corrected chi connectivity index (χ3v) is 4.32. The summed E-state index contributed by atoms with van der Waals surface area (Å²) in [7, 11) is 0.384. The summed E-state index contributed by atoms with van der Waals surface area (Å²) in [5.41, 5.74) is 0. The monoisotopic (exact) mass is 160 g/mol.